The van der Waals surface area contributed by atoms with Crippen molar-refractivity contribution in [1.82, 2.24) is 0 Å². The minimum atomic E-state index is -0.467. The number of rotatable bonds is 6. The van der Waals surface area contributed by atoms with Crippen molar-refractivity contribution in [2.75, 3.05) is 24.5 Å². The number of ether oxygens (including phenoxy) is 1. The van der Waals surface area contributed by atoms with Gasteiger partial charge < -0.3 is 15.8 Å². The molecule has 1 rings (SSSR count). The lowest BCUT2D eigenvalue weighted by molar-refractivity contribution is -0.119. The summed E-state index contributed by atoms with van der Waals surface area (Å²) in [6.45, 7) is -0.0769. The van der Waals surface area contributed by atoms with Gasteiger partial charge in [0.05, 0.1) is 10.7 Å². The second-order valence-corrected chi connectivity index (χ2v) is 4.18. The van der Waals surface area contributed by atoms with Crippen molar-refractivity contribution in [2.24, 2.45) is 10.8 Å². The molecule has 0 bridgehead atoms. The molecule has 1 aromatic carbocycles. The molecular weight excluding hydrogens is 296 g/mol. The lowest BCUT2D eigenvalue weighted by Crippen LogP contribution is -2.22. The number of methoxy groups -OCH3 is 1. The van der Waals surface area contributed by atoms with Crippen molar-refractivity contribution in [1.29, 1.82) is 10.7 Å². The number of nitrogens with one attached hydrogen (secondary N) is 3. The van der Waals surface area contributed by atoms with Crippen LogP contribution in [0.1, 0.15) is 0 Å². The molecule has 0 aliphatic heterocycles. The Kier molecular flexibility index (Phi) is 6.13. The van der Waals surface area contributed by atoms with Crippen LogP contribution in [-0.4, -0.2) is 31.2 Å². The smallest absolute Gasteiger partial charge is 0.250 e. The van der Waals surface area contributed by atoms with E-state index in [2.05, 4.69) is 15.8 Å². The zero-order valence-electron chi connectivity index (χ0n) is 11.1. The van der Waals surface area contributed by atoms with Gasteiger partial charge in [-0.25, -0.2) is 0 Å². The number of amides is 1. The van der Waals surface area contributed by atoms with E-state index in [1.54, 1.807) is 18.2 Å². The van der Waals surface area contributed by atoms with Gasteiger partial charge in [0.1, 0.15) is 12.7 Å². The molecule has 110 valence electrons. The summed E-state index contributed by atoms with van der Waals surface area (Å²) < 4.78 is 4.70. The number of nitriles is 1. The van der Waals surface area contributed by atoms with Crippen molar-refractivity contribution >= 4 is 40.4 Å². The van der Waals surface area contributed by atoms with Crippen molar-refractivity contribution in [3.63, 3.8) is 0 Å². The number of hydrazone groups is 1. The highest BCUT2D eigenvalue weighted by atomic mass is 35.5. The average Bonchev–Trinajstić information content (AvgIpc) is 2.42. The minimum Gasteiger partial charge on any atom is -0.382 e. The first-order valence-corrected chi connectivity index (χ1v) is 6.02. The number of amidine groups is 1. The zero-order chi connectivity index (χ0) is 15.8. The number of halogens is 1. The first kappa shape index (κ1) is 16.4. The molecule has 0 spiro atoms. The number of nitrogens with two attached hydrogens (primary N) is 1. The van der Waals surface area contributed by atoms with Crippen LogP contribution in [0, 0.1) is 16.7 Å². The highest BCUT2D eigenvalue weighted by Crippen LogP contribution is 2.25. The summed E-state index contributed by atoms with van der Waals surface area (Å²) in [7, 11) is 1.41. The maximum Gasteiger partial charge on any atom is 0.250 e. The van der Waals surface area contributed by atoms with Crippen LogP contribution in [0.15, 0.2) is 23.3 Å². The van der Waals surface area contributed by atoms with E-state index in [0.717, 1.165) is 0 Å². The first-order valence-electron chi connectivity index (χ1n) is 5.64. The Hall–Kier alpha value is -2.63. The molecule has 9 heteroatoms. The van der Waals surface area contributed by atoms with Crippen LogP contribution in [-0.2, 0) is 9.53 Å². The van der Waals surface area contributed by atoms with Gasteiger partial charge in [0.15, 0.2) is 5.84 Å². The topological polar surface area (TPSA) is 136 Å². The first-order chi connectivity index (χ1) is 9.97. The van der Waals surface area contributed by atoms with Gasteiger partial charge in [-0.3, -0.25) is 15.6 Å². The van der Waals surface area contributed by atoms with Crippen LogP contribution >= 0.6 is 11.6 Å². The van der Waals surface area contributed by atoms with Gasteiger partial charge in [0.25, 0.3) is 0 Å². The number of nitrogens with zero attached hydrogens (tertiary/aromatic N) is 2. The molecule has 1 aromatic rings. The predicted molar refractivity (Wildman–Crippen MR) is 80.5 cm³/mol. The van der Waals surface area contributed by atoms with E-state index in [-0.39, 0.29) is 18.2 Å². The third-order valence-corrected chi connectivity index (χ3v) is 2.50. The van der Waals surface area contributed by atoms with Gasteiger partial charge in [0, 0.05) is 12.8 Å². The summed E-state index contributed by atoms with van der Waals surface area (Å²) in [4.78, 5) is 11.4. The predicted octanol–water partition coefficient (Wildman–Crippen LogP) is 1.15. The molecule has 0 unspecified atom stereocenters. The van der Waals surface area contributed by atoms with Crippen molar-refractivity contribution < 1.29 is 9.53 Å². The molecule has 0 aliphatic rings. The van der Waals surface area contributed by atoms with Gasteiger partial charge in [-0.05, 0) is 18.2 Å². The molecule has 0 radical (unpaired) electrons. The van der Waals surface area contributed by atoms with Crippen LogP contribution in [0.5, 0.6) is 0 Å². The van der Waals surface area contributed by atoms with Crippen molar-refractivity contribution in [3.05, 3.63) is 23.2 Å². The quantitative estimate of drug-likeness (QED) is 0.355. The molecule has 0 aromatic heterocycles. The van der Waals surface area contributed by atoms with Gasteiger partial charge in [-0.2, -0.15) is 10.4 Å². The number of benzene rings is 1. The van der Waals surface area contributed by atoms with Gasteiger partial charge in [0.2, 0.25) is 11.6 Å². The summed E-state index contributed by atoms with van der Waals surface area (Å²) in [6, 6.07) is 6.33. The normalized spacial score (nSPS) is 10.6. The Balaban J connectivity index is 2.90. The van der Waals surface area contributed by atoms with Gasteiger partial charge >= 0.3 is 0 Å². The third-order valence-electron chi connectivity index (χ3n) is 2.17. The van der Waals surface area contributed by atoms with Crippen molar-refractivity contribution in [3.8, 4) is 6.07 Å². The van der Waals surface area contributed by atoms with Crippen molar-refractivity contribution in [2.45, 2.75) is 0 Å². The Labute approximate surface area is 126 Å². The monoisotopic (exact) mass is 308 g/mol. The van der Waals surface area contributed by atoms with Gasteiger partial charge in [-0.1, -0.05) is 11.6 Å². The Morgan fingerprint density at radius 3 is 2.90 bits per heavy atom. The van der Waals surface area contributed by atoms with E-state index in [9.17, 15) is 4.79 Å². The summed E-state index contributed by atoms with van der Waals surface area (Å²) in [5, 5.41) is 22.4. The third kappa shape index (κ3) is 5.10. The second kappa shape index (κ2) is 7.84. The number of hydrogen-bond acceptors (Lipinski definition) is 6. The van der Waals surface area contributed by atoms with E-state index in [1.807, 2.05) is 0 Å². The molecule has 5 N–H and O–H groups in total. The lowest BCUT2D eigenvalue weighted by Gasteiger charge is -2.08. The summed E-state index contributed by atoms with van der Waals surface area (Å²) in [6.07, 6.45) is 0. The Bertz CT molecular complexity index is 623. The fourth-order valence-electron chi connectivity index (χ4n) is 1.28. The highest BCUT2D eigenvalue weighted by Gasteiger charge is 2.06. The molecule has 0 atom stereocenters. The zero-order valence-corrected chi connectivity index (χ0v) is 11.9. The molecule has 0 aliphatic carbocycles. The number of hydrogen-bond donors (Lipinski definition) is 4. The molecule has 0 fully saturated rings. The minimum absolute atomic E-state index is 0.0769. The second-order valence-electron chi connectivity index (χ2n) is 3.77. The standard InChI is InChI=1S/C12H13ClN6O2/c1-21-6-11(20)17-7-2-3-8(13)9(4-7)18-19-10(5-14)12(15)16/h2-4,18H,6H2,1H3,(H3,15,16)(H,17,20)/b19-10+. The lowest BCUT2D eigenvalue weighted by atomic mass is 10.3. The van der Waals surface area contributed by atoms with Crippen LogP contribution in [0.4, 0.5) is 11.4 Å². The highest BCUT2D eigenvalue weighted by molar-refractivity contribution is 6.46. The maximum absolute atomic E-state index is 11.4. The Morgan fingerprint density at radius 2 is 2.33 bits per heavy atom. The summed E-state index contributed by atoms with van der Waals surface area (Å²) in [5.41, 5.74) is 8.23. The molecule has 21 heavy (non-hydrogen) atoms. The number of anilines is 2. The van der Waals surface area contributed by atoms with Crippen LogP contribution < -0.4 is 16.5 Å². The fourth-order valence-corrected chi connectivity index (χ4v) is 1.44. The molecule has 8 nitrogen and oxygen atoms in total. The summed E-state index contributed by atoms with van der Waals surface area (Å²) in [5.74, 6) is -0.790. The summed E-state index contributed by atoms with van der Waals surface area (Å²) >= 11 is 5.96. The fraction of sp³-hybridized carbons (Fsp3) is 0.167. The number of carbonyl (C=O) groups is 1. The number of carbonyl (C=O) groups excluding carboxylic acids is 1. The van der Waals surface area contributed by atoms with E-state index < -0.39 is 5.84 Å². The molecule has 0 saturated carbocycles. The Morgan fingerprint density at radius 1 is 1.62 bits per heavy atom. The SMILES string of the molecule is COCC(=O)Nc1ccc(Cl)c(N/N=C(\C#N)C(=N)N)c1. The van der Waals surface area contributed by atoms with Crippen LogP contribution in [0.2, 0.25) is 5.02 Å². The molecule has 0 heterocycles. The maximum atomic E-state index is 11.4. The van der Waals surface area contributed by atoms with E-state index in [4.69, 9.17) is 32.7 Å². The van der Waals surface area contributed by atoms with Crippen LogP contribution in [0.3, 0.4) is 0 Å². The molecule has 1 amide bonds. The largest absolute Gasteiger partial charge is 0.382 e. The van der Waals surface area contributed by atoms with E-state index in [1.165, 1.54) is 13.2 Å². The molecular formula is C12H13ClN6O2. The molecule has 0 saturated heterocycles. The van der Waals surface area contributed by atoms with E-state index in [0.29, 0.717) is 16.4 Å². The van der Waals surface area contributed by atoms with E-state index >= 15 is 0 Å². The average molecular weight is 309 g/mol. The van der Waals surface area contributed by atoms with Gasteiger partial charge in [-0.15, -0.1) is 0 Å². The van der Waals surface area contributed by atoms with Crippen LogP contribution in [0.25, 0.3) is 0 Å².